The molecule has 1 fully saturated rings. The highest BCUT2D eigenvalue weighted by atomic mass is 16.5. The minimum Gasteiger partial charge on any atom is -0.481 e. The predicted molar refractivity (Wildman–Crippen MR) is 74.8 cm³/mol. The van der Waals surface area contributed by atoms with Gasteiger partial charge in [0.1, 0.15) is 0 Å². The van der Waals surface area contributed by atoms with Crippen LogP contribution < -0.4 is 4.74 Å². The zero-order valence-corrected chi connectivity index (χ0v) is 11.8. The molecule has 0 atom stereocenters. The van der Waals surface area contributed by atoms with E-state index in [1.807, 2.05) is 18.2 Å². The number of carboxylic acids is 1. The zero-order valence-electron chi connectivity index (χ0n) is 11.8. The van der Waals surface area contributed by atoms with E-state index in [0.717, 1.165) is 38.4 Å². The van der Waals surface area contributed by atoms with Gasteiger partial charge in [-0.05, 0) is 6.07 Å². The molecule has 1 saturated heterocycles. The van der Waals surface area contributed by atoms with Crippen molar-refractivity contribution in [2.75, 3.05) is 39.8 Å². The minimum atomic E-state index is -0.729. The standard InChI is InChI=1S/C14H21N3O3/c1-20-13-4-2-3-12(15-13)11-17-9-7-16(8-10-17)6-5-14(18)19/h2-4H,5-11H2,1H3,(H,18,19). The van der Waals surface area contributed by atoms with E-state index in [1.54, 1.807) is 7.11 Å². The Hall–Kier alpha value is -1.66. The van der Waals surface area contributed by atoms with Gasteiger partial charge in [0.15, 0.2) is 0 Å². The number of piperazine rings is 1. The van der Waals surface area contributed by atoms with E-state index in [1.165, 1.54) is 0 Å². The molecule has 6 heteroatoms. The molecule has 0 aromatic carbocycles. The summed E-state index contributed by atoms with van der Waals surface area (Å²) >= 11 is 0. The Balaban J connectivity index is 1.77. The molecule has 1 aromatic heterocycles. The van der Waals surface area contributed by atoms with Crippen LogP contribution in [0.25, 0.3) is 0 Å². The average Bonchev–Trinajstić information content (AvgIpc) is 2.47. The third kappa shape index (κ3) is 4.47. The Morgan fingerprint density at radius 3 is 2.65 bits per heavy atom. The van der Waals surface area contributed by atoms with E-state index in [9.17, 15) is 4.79 Å². The number of rotatable bonds is 6. The van der Waals surface area contributed by atoms with Gasteiger partial charge in [-0.3, -0.25) is 9.69 Å². The lowest BCUT2D eigenvalue weighted by atomic mass is 10.2. The minimum absolute atomic E-state index is 0.220. The Morgan fingerprint density at radius 1 is 1.30 bits per heavy atom. The van der Waals surface area contributed by atoms with Gasteiger partial charge in [-0.15, -0.1) is 0 Å². The summed E-state index contributed by atoms with van der Waals surface area (Å²) in [7, 11) is 1.62. The maximum atomic E-state index is 10.6. The largest absolute Gasteiger partial charge is 0.481 e. The Labute approximate surface area is 119 Å². The summed E-state index contributed by atoms with van der Waals surface area (Å²) in [6.07, 6.45) is 0.220. The number of carboxylic acid groups (broad SMARTS) is 1. The molecule has 2 rings (SSSR count). The van der Waals surface area contributed by atoms with Gasteiger partial charge in [0, 0.05) is 45.3 Å². The van der Waals surface area contributed by atoms with Crippen LogP contribution in [0.3, 0.4) is 0 Å². The lowest BCUT2D eigenvalue weighted by Gasteiger charge is -2.34. The van der Waals surface area contributed by atoms with Crippen LogP contribution in [0, 0.1) is 0 Å². The van der Waals surface area contributed by atoms with Crippen molar-refractivity contribution in [3.05, 3.63) is 23.9 Å². The number of pyridine rings is 1. The molecule has 0 unspecified atom stereocenters. The van der Waals surface area contributed by atoms with E-state index < -0.39 is 5.97 Å². The summed E-state index contributed by atoms with van der Waals surface area (Å²) < 4.78 is 5.12. The second kappa shape index (κ2) is 7.21. The number of ether oxygens (including phenoxy) is 1. The first kappa shape index (κ1) is 14.7. The third-order valence-corrected chi connectivity index (χ3v) is 3.48. The highest BCUT2D eigenvalue weighted by Crippen LogP contribution is 2.11. The highest BCUT2D eigenvalue weighted by molar-refractivity contribution is 5.66. The average molecular weight is 279 g/mol. The first-order valence-corrected chi connectivity index (χ1v) is 6.84. The van der Waals surface area contributed by atoms with E-state index in [0.29, 0.717) is 12.4 Å². The van der Waals surface area contributed by atoms with Crippen LogP contribution in [0.2, 0.25) is 0 Å². The molecule has 1 aliphatic heterocycles. The number of methoxy groups -OCH3 is 1. The molecule has 2 heterocycles. The van der Waals surface area contributed by atoms with Crippen LogP contribution in [0.1, 0.15) is 12.1 Å². The van der Waals surface area contributed by atoms with Crippen LogP contribution in [-0.2, 0) is 11.3 Å². The summed E-state index contributed by atoms with van der Waals surface area (Å²) in [6, 6.07) is 5.79. The molecular formula is C14H21N3O3. The number of aliphatic carboxylic acids is 1. The molecule has 1 aromatic rings. The van der Waals surface area contributed by atoms with E-state index in [-0.39, 0.29) is 6.42 Å². The van der Waals surface area contributed by atoms with Crippen LogP contribution in [-0.4, -0.2) is 65.7 Å². The maximum absolute atomic E-state index is 10.6. The van der Waals surface area contributed by atoms with Gasteiger partial charge in [-0.1, -0.05) is 6.07 Å². The Morgan fingerprint density at radius 2 is 2.00 bits per heavy atom. The van der Waals surface area contributed by atoms with Crippen molar-refractivity contribution in [1.29, 1.82) is 0 Å². The second-order valence-corrected chi connectivity index (χ2v) is 4.93. The SMILES string of the molecule is COc1cccc(CN2CCN(CCC(=O)O)CC2)n1. The topological polar surface area (TPSA) is 65.9 Å². The maximum Gasteiger partial charge on any atom is 0.304 e. The first-order chi connectivity index (χ1) is 9.67. The molecule has 110 valence electrons. The summed E-state index contributed by atoms with van der Waals surface area (Å²) in [6.45, 7) is 5.16. The van der Waals surface area contributed by atoms with Crippen LogP contribution in [0.5, 0.6) is 5.88 Å². The van der Waals surface area contributed by atoms with Gasteiger partial charge in [-0.25, -0.2) is 4.98 Å². The first-order valence-electron chi connectivity index (χ1n) is 6.84. The van der Waals surface area contributed by atoms with E-state index in [2.05, 4.69) is 14.8 Å². The number of carbonyl (C=O) groups is 1. The molecule has 0 amide bonds. The van der Waals surface area contributed by atoms with Crippen molar-refractivity contribution >= 4 is 5.97 Å². The molecule has 0 radical (unpaired) electrons. The summed E-state index contributed by atoms with van der Waals surface area (Å²) in [5.41, 5.74) is 1.00. The highest BCUT2D eigenvalue weighted by Gasteiger charge is 2.17. The zero-order chi connectivity index (χ0) is 14.4. The monoisotopic (exact) mass is 279 g/mol. The fourth-order valence-electron chi connectivity index (χ4n) is 2.31. The van der Waals surface area contributed by atoms with Gasteiger partial charge < -0.3 is 14.7 Å². The van der Waals surface area contributed by atoms with Gasteiger partial charge in [0.2, 0.25) is 5.88 Å². The van der Waals surface area contributed by atoms with Crippen molar-refractivity contribution in [3.63, 3.8) is 0 Å². The van der Waals surface area contributed by atoms with Gasteiger partial charge in [0.05, 0.1) is 19.2 Å². The summed E-state index contributed by atoms with van der Waals surface area (Å²) in [5, 5.41) is 8.68. The quantitative estimate of drug-likeness (QED) is 0.826. The number of hydrogen-bond acceptors (Lipinski definition) is 5. The van der Waals surface area contributed by atoms with Crippen LogP contribution in [0.4, 0.5) is 0 Å². The smallest absolute Gasteiger partial charge is 0.304 e. The number of hydrogen-bond donors (Lipinski definition) is 1. The van der Waals surface area contributed by atoms with Crippen molar-refractivity contribution in [1.82, 2.24) is 14.8 Å². The molecule has 0 saturated carbocycles. The van der Waals surface area contributed by atoms with E-state index in [4.69, 9.17) is 9.84 Å². The van der Waals surface area contributed by atoms with Gasteiger partial charge in [0.25, 0.3) is 0 Å². The van der Waals surface area contributed by atoms with Crippen LogP contribution >= 0.6 is 0 Å². The fraction of sp³-hybridized carbons (Fsp3) is 0.571. The Bertz CT molecular complexity index is 445. The molecule has 6 nitrogen and oxygen atoms in total. The molecule has 20 heavy (non-hydrogen) atoms. The van der Waals surface area contributed by atoms with Crippen molar-refractivity contribution in [3.8, 4) is 5.88 Å². The second-order valence-electron chi connectivity index (χ2n) is 4.93. The van der Waals surface area contributed by atoms with Crippen molar-refractivity contribution in [2.24, 2.45) is 0 Å². The van der Waals surface area contributed by atoms with Gasteiger partial charge >= 0.3 is 5.97 Å². The van der Waals surface area contributed by atoms with Gasteiger partial charge in [-0.2, -0.15) is 0 Å². The molecule has 1 aliphatic rings. The lowest BCUT2D eigenvalue weighted by molar-refractivity contribution is -0.137. The molecule has 0 bridgehead atoms. The molecule has 1 N–H and O–H groups in total. The van der Waals surface area contributed by atoms with Crippen molar-refractivity contribution in [2.45, 2.75) is 13.0 Å². The van der Waals surface area contributed by atoms with Crippen LogP contribution in [0.15, 0.2) is 18.2 Å². The number of nitrogens with zero attached hydrogens (tertiary/aromatic N) is 3. The van der Waals surface area contributed by atoms with Crippen molar-refractivity contribution < 1.29 is 14.6 Å². The predicted octanol–water partition coefficient (Wildman–Crippen LogP) is 0.683. The fourth-order valence-corrected chi connectivity index (χ4v) is 2.31. The summed E-state index contributed by atoms with van der Waals surface area (Å²) in [5.74, 6) is -0.0874. The number of aromatic nitrogens is 1. The van der Waals surface area contributed by atoms with E-state index >= 15 is 0 Å². The molecular weight excluding hydrogens is 258 g/mol. The summed E-state index contributed by atoms with van der Waals surface area (Å²) in [4.78, 5) is 19.5. The molecule has 0 spiro atoms. The third-order valence-electron chi connectivity index (χ3n) is 3.48. The molecule has 0 aliphatic carbocycles. The Kier molecular flexibility index (Phi) is 5.31. The lowest BCUT2D eigenvalue weighted by Crippen LogP contribution is -2.46. The normalized spacial score (nSPS) is 17.1.